The van der Waals surface area contributed by atoms with E-state index in [4.69, 9.17) is 0 Å². The number of hydrogen-bond donors (Lipinski definition) is 1. The van der Waals surface area contributed by atoms with E-state index in [0.29, 0.717) is 5.75 Å². The van der Waals surface area contributed by atoms with Gasteiger partial charge in [-0.25, -0.2) is 4.98 Å². The summed E-state index contributed by atoms with van der Waals surface area (Å²) in [5.41, 5.74) is 4.10. The Morgan fingerprint density at radius 3 is 2.52 bits per heavy atom. The number of thioether (sulfide) groups is 1. The summed E-state index contributed by atoms with van der Waals surface area (Å²) in [6.45, 7) is 2.25. The van der Waals surface area contributed by atoms with Gasteiger partial charge in [0, 0.05) is 39.9 Å². The minimum atomic E-state index is -0.0129. The van der Waals surface area contributed by atoms with Crippen molar-refractivity contribution in [1.29, 1.82) is 0 Å². The van der Waals surface area contributed by atoms with Gasteiger partial charge in [-0.1, -0.05) is 39.8 Å². The zero-order valence-corrected chi connectivity index (χ0v) is 19.2. The van der Waals surface area contributed by atoms with Crippen LogP contribution in [0.1, 0.15) is 19.3 Å². The second kappa shape index (κ2) is 9.78. The van der Waals surface area contributed by atoms with Gasteiger partial charge in [-0.15, -0.1) is 11.3 Å². The van der Waals surface area contributed by atoms with Gasteiger partial charge in [0.1, 0.15) is 0 Å². The summed E-state index contributed by atoms with van der Waals surface area (Å²) >= 11 is 6.49. The summed E-state index contributed by atoms with van der Waals surface area (Å²) in [6.07, 6.45) is 3.85. The summed E-state index contributed by atoms with van der Waals surface area (Å²) in [6, 6.07) is 16.3. The van der Waals surface area contributed by atoms with E-state index < -0.39 is 0 Å². The van der Waals surface area contributed by atoms with Crippen LogP contribution in [0.2, 0.25) is 0 Å². The van der Waals surface area contributed by atoms with E-state index in [1.165, 1.54) is 36.7 Å². The van der Waals surface area contributed by atoms with Gasteiger partial charge in [0.15, 0.2) is 4.34 Å². The number of thiazole rings is 1. The van der Waals surface area contributed by atoms with Crippen LogP contribution in [0.25, 0.3) is 11.3 Å². The monoisotopic (exact) mass is 487 g/mol. The molecule has 0 radical (unpaired) electrons. The number of nitrogens with one attached hydrogen (secondary N) is 1. The summed E-state index contributed by atoms with van der Waals surface area (Å²) in [7, 11) is 0. The molecule has 1 saturated heterocycles. The molecule has 4 nitrogen and oxygen atoms in total. The smallest absolute Gasteiger partial charge is 0.234 e. The molecule has 1 aromatic heterocycles. The van der Waals surface area contributed by atoms with Crippen molar-refractivity contribution >= 4 is 56.3 Å². The zero-order chi connectivity index (χ0) is 20.1. The van der Waals surface area contributed by atoms with Gasteiger partial charge in [-0.3, -0.25) is 4.79 Å². The van der Waals surface area contributed by atoms with Crippen molar-refractivity contribution in [2.75, 3.05) is 29.1 Å². The molecule has 1 aliphatic heterocycles. The summed E-state index contributed by atoms with van der Waals surface area (Å²) in [5, 5.41) is 5.01. The van der Waals surface area contributed by atoms with Gasteiger partial charge in [0.2, 0.25) is 5.91 Å². The molecular formula is C22H22BrN3OS2. The second-order valence-corrected chi connectivity index (χ2v) is 9.93. The lowest BCUT2D eigenvalue weighted by molar-refractivity contribution is -0.113. The molecule has 0 atom stereocenters. The number of carbonyl (C=O) groups is 1. The van der Waals surface area contributed by atoms with E-state index in [1.807, 2.05) is 41.8 Å². The quantitative estimate of drug-likeness (QED) is 0.414. The standard InChI is InChI=1S/C22H22BrN3OS2/c23-17-6-4-16(5-7-17)20-14-28-22(25-20)29-15-21(27)24-18-8-10-19(11-9-18)26-12-2-1-3-13-26/h4-11,14H,1-3,12-13,15H2,(H,24,27). The molecule has 0 aliphatic carbocycles. The number of rotatable bonds is 6. The van der Waals surface area contributed by atoms with Crippen molar-refractivity contribution in [2.24, 2.45) is 0 Å². The number of piperidine rings is 1. The fourth-order valence-corrected chi connectivity index (χ4v) is 5.21. The minimum absolute atomic E-state index is 0.0129. The third-order valence-electron chi connectivity index (χ3n) is 4.82. The Balaban J connectivity index is 1.28. The van der Waals surface area contributed by atoms with Crippen LogP contribution in [-0.4, -0.2) is 29.7 Å². The van der Waals surface area contributed by atoms with Gasteiger partial charge < -0.3 is 10.2 Å². The topological polar surface area (TPSA) is 45.2 Å². The molecule has 150 valence electrons. The Kier molecular flexibility index (Phi) is 6.90. The Morgan fingerprint density at radius 2 is 1.79 bits per heavy atom. The highest BCUT2D eigenvalue weighted by Crippen LogP contribution is 2.29. The highest BCUT2D eigenvalue weighted by molar-refractivity contribution is 9.10. The lowest BCUT2D eigenvalue weighted by Crippen LogP contribution is -2.29. The molecule has 2 aromatic carbocycles. The molecule has 1 fully saturated rings. The zero-order valence-electron chi connectivity index (χ0n) is 15.9. The molecule has 0 bridgehead atoms. The number of carbonyl (C=O) groups excluding carboxylic acids is 1. The first kappa shape index (κ1) is 20.4. The Hall–Kier alpha value is -1.83. The first-order valence-corrected chi connectivity index (χ1v) is 12.3. The molecule has 0 unspecified atom stereocenters. The maximum Gasteiger partial charge on any atom is 0.234 e. The first-order chi connectivity index (χ1) is 14.2. The van der Waals surface area contributed by atoms with Gasteiger partial charge in [-0.2, -0.15) is 0 Å². The van der Waals surface area contributed by atoms with Gasteiger partial charge in [0.25, 0.3) is 0 Å². The van der Waals surface area contributed by atoms with E-state index >= 15 is 0 Å². The molecule has 3 aromatic rings. The fraction of sp³-hybridized carbons (Fsp3) is 0.273. The largest absolute Gasteiger partial charge is 0.372 e. The second-order valence-electron chi connectivity index (χ2n) is 6.94. The maximum absolute atomic E-state index is 12.3. The third kappa shape index (κ3) is 5.62. The lowest BCUT2D eigenvalue weighted by Gasteiger charge is -2.28. The van der Waals surface area contributed by atoms with E-state index in [2.05, 4.69) is 43.3 Å². The number of hydrogen-bond acceptors (Lipinski definition) is 5. The van der Waals surface area contributed by atoms with Crippen LogP contribution < -0.4 is 10.2 Å². The van der Waals surface area contributed by atoms with E-state index in [9.17, 15) is 4.79 Å². The van der Waals surface area contributed by atoms with Crippen LogP contribution >= 0.6 is 39.0 Å². The molecule has 2 heterocycles. The summed E-state index contributed by atoms with van der Waals surface area (Å²) in [5.74, 6) is 0.336. The van der Waals surface area contributed by atoms with Crippen molar-refractivity contribution in [2.45, 2.75) is 23.6 Å². The van der Waals surface area contributed by atoms with E-state index in [-0.39, 0.29) is 5.91 Å². The molecular weight excluding hydrogens is 466 g/mol. The molecule has 0 saturated carbocycles. The average Bonchev–Trinajstić information content (AvgIpc) is 3.23. The molecule has 29 heavy (non-hydrogen) atoms. The third-order valence-corrected chi connectivity index (χ3v) is 7.37. The Labute approximate surface area is 187 Å². The molecule has 1 aliphatic rings. The highest BCUT2D eigenvalue weighted by Gasteiger charge is 2.12. The van der Waals surface area contributed by atoms with Gasteiger partial charge in [0.05, 0.1) is 11.4 Å². The van der Waals surface area contributed by atoms with E-state index in [1.54, 1.807) is 11.3 Å². The fourth-order valence-electron chi connectivity index (χ4n) is 3.31. The van der Waals surface area contributed by atoms with Crippen LogP contribution in [0.3, 0.4) is 0 Å². The summed E-state index contributed by atoms with van der Waals surface area (Å²) < 4.78 is 1.95. The van der Waals surface area contributed by atoms with Gasteiger partial charge in [-0.05, 0) is 55.7 Å². The van der Waals surface area contributed by atoms with Crippen molar-refractivity contribution in [3.8, 4) is 11.3 Å². The lowest BCUT2D eigenvalue weighted by atomic mass is 10.1. The van der Waals surface area contributed by atoms with Crippen molar-refractivity contribution in [3.63, 3.8) is 0 Å². The predicted octanol–water partition coefficient (Wildman–Crippen LogP) is 6.29. The summed E-state index contributed by atoms with van der Waals surface area (Å²) in [4.78, 5) is 19.4. The van der Waals surface area contributed by atoms with Crippen molar-refractivity contribution < 1.29 is 4.79 Å². The van der Waals surface area contributed by atoms with Gasteiger partial charge >= 0.3 is 0 Å². The normalized spacial score (nSPS) is 14.0. The van der Waals surface area contributed by atoms with Crippen LogP contribution in [0.5, 0.6) is 0 Å². The SMILES string of the molecule is O=C(CSc1nc(-c2ccc(Br)cc2)cs1)Nc1ccc(N2CCCCC2)cc1. The molecule has 1 N–H and O–H groups in total. The first-order valence-electron chi connectivity index (χ1n) is 9.66. The maximum atomic E-state index is 12.3. The minimum Gasteiger partial charge on any atom is -0.372 e. The number of anilines is 2. The number of nitrogens with zero attached hydrogens (tertiary/aromatic N) is 2. The number of benzene rings is 2. The Bertz CT molecular complexity index is 951. The van der Waals surface area contributed by atoms with Crippen LogP contribution in [-0.2, 0) is 4.79 Å². The molecule has 7 heteroatoms. The van der Waals surface area contributed by atoms with Crippen molar-refractivity contribution in [3.05, 3.63) is 58.4 Å². The average molecular weight is 488 g/mol. The Morgan fingerprint density at radius 1 is 1.07 bits per heavy atom. The number of amides is 1. The molecule has 1 amide bonds. The van der Waals surface area contributed by atoms with Crippen LogP contribution in [0.4, 0.5) is 11.4 Å². The highest BCUT2D eigenvalue weighted by atomic mass is 79.9. The van der Waals surface area contributed by atoms with Crippen LogP contribution in [0.15, 0.2) is 62.7 Å². The molecule has 0 spiro atoms. The van der Waals surface area contributed by atoms with E-state index in [0.717, 1.165) is 38.8 Å². The predicted molar refractivity (Wildman–Crippen MR) is 127 cm³/mol. The van der Waals surface area contributed by atoms with Crippen LogP contribution in [0, 0.1) is 0 Å². The number of aromatic nitrogens is 1. The van der Waals surface area contributed by atoms with Crippen molar-refractivity contribution in [1.82, 2.24) is 4.98 Å². The molecule has 4 rings (SSSR count). The number of halogens is 1.